The highest BCUT2D eigenvalue weighted by atomic mass is 16.5. The molecule has 7 nitrogen and oxygen atoms in total. The van der Waals surface area contributed by atoms with Crippen molar-refractivity contribution in [3.8, 4) is 0 Å². The summed E-state index contributed by atoms with van der Waals surface area (Å²) in [6.07, 6.45) is 2.04. The average Bonchev–Trinajstić information content (AvgIpc) is 2.94. The number of esters is 2. The fourth-order valence-corrected chi connectivity index (χ4v) is 4.17. The van der Waals surface area contributed by atoms with E-state index >= 15 is 0 Å². The number of hydrogen-bond donors (Lipinski definition) is 1. The molecule has 1 N–H and O–H groups in total. The highest BCUT2D eigenvalue weighted by molar-refractivity contribution is 6.02. The Balaban J connectivity index is 1.80. The number of rotatable bonds is 10. The van der Waals surface area contributed by atoms with Crippen LogP contribution in [0, 0.1) is 0 Å². The van der Waals surface area contributed by atoms with Crippen molar-refractivity contribution in [2.45, 2.75) is 64.6 Å². The molecular weight excluding hydrogens is 432 g/mol. The van der Waals surface area contributed by atoms with E-state index in [9.17, 15) is 14.4 Å². The zero-order valence-corrected chi connectivity index (χ0v) is 20.2. The van der Waals surface area contributed by atoms with Gasteiger partial charge in [-0.2, -0.15) is 0 Å². The highest BCUT2D eigenvalue weighted by Crippen LogP contribution is 2.27. The number of nitrogens with zero attached hydrogens (tertiary/aromatic N) is 1. The van der Waals surface area contributed by atoms with Crippen molar-refractivity contribution < 1.29 is 23.9 Å². The first-order valence-electron chi connectivity index (χ1n) is 11.9. The smallest absolute Gasteiger partial charge is 0.326 e. The average molecular weight is 467 g/mol. The monoisotopic (exact) mass is 466 g/mol. The van der Waals surface area contributed by atoms with Crippen LogP contribution < -0.4 is 10.2 Å². The topological polar surface area (TPSA) is 84.9 Å². The SMILES string of the molecule is CCOC(=O)[C@H](CCc1ccccc1)N[C@H]1CCc2ccccc2N(CC(=O)OC(C)C)C1=O. The largest absolute Gasteiger partial charge is 0.465 e. The summed E-state index contributed by atoms with van der Waals surface area (Å²) >= 11 is 0. The van der Waals surface area contributed by atoms with E-state index in [0.29, 0.717) is 31.4 Å². The highest BCUT2D eigenvalue weighted by Gasteiger charge is 2.34. The lowest BCUT2D eigenvalue weighted by atomic mass is 10.0. The number of hydrogen-bond acceptors (Lipinski definition) is 6. The second kappa shape index (κ2) is 12.3. The van der Waals surface area contributed by atoms with E-state index in [2.05, 4.69) is 5.32 Å². The Kier molecular flexibility index (Phi) is 9.22. The molecular formula is C27H34N2O5. The Hall–Kier alpha value is -3.19. The third kappa shape index (κ3) is 6.90. The molecule has 182 valence electrons. The molecule has 0 bridgehead atoms. The number of carbonyl (C=O) groups is 3. The van der Waals surface area contributed by atoms with E-state index < -0.39 is 18.1 Å². The van der Waals surface area contributed by atoms with Gasteiger partial charge in [-0.25, -0.2) is 0 Å². The van der Waals surface area contributed by atoms with E-state index in [1.165, 1.54) is 4.90 Å². The number of amides is 1. The second-order valence-corrected chi connectivity index (χ2v) is 8.68. The molecule has 2 aromatic carbocycles. The number of carbonyl (C=O) groups excluding carboxylic acids is 3. The van der Waals surface area contributed by atoms with Crippen molar-refractivity contribution in [3.05, 3.63) is 65.7 Å². The summed E-state index contributed by atoms with van der Waals surface area (Å²) in [7, 11) is 0. The minimum absolute atomic E-state index is 0.180. The maximum Gasteiger partial charge on any atom is 0.326 e. The van der Waals surface area contributed by atoms with Gasteiger partial charge in [0.1, 0.15) is 12.6 Å². The molecule has 1 amide bonds. The predicted octanol–water partition coefficient (Wildman–Crippen LogP) is 3.44. The van der Waals surface area contributed by atoms with E-state index in [0.717, 1.165) is 11.1 Å². The number of para-hydroxylation sites is 1. The van der Waals surface area contributed by atoms with Gasteiger partial charge in [-0.1, -0.05) is 48.5 Å². The van der Waals surface area contributed by atoms with Crippen LogP contribution in [0.1, 0.15) is 44.7 Å². The minimum Gasteiger partial charge on any atom is -0.465 e. The number of nitrogens with one attached hydrogen (secondary N) is 1. The first-order valence-corrected chi connectivity index (χ1v) is 11.9. The summed E-state index contributed by atoms with van der Waals surface area (Å²) in [5.41, 5.74) is 2.79. The molecule has 1 heterocycles. The standard InChI is InChI=1S/C27H34N2O5/c1-4-33-27(32)23(16-14-20-10-6-5-7-11-20)28-22-17-15-21-12-8-9-13-24(21)29(26(22)31)18-25(30)34-19(2)3/h5-13,19,22-23,28H,4,14-18H2,1-3H3/t22-,23-/m0/s1. The second-order valence-electron chi connectivity index (χ2n) is 8.68. The van der Waals surface area contributed by atoms with Crippen LogP contribution in [0.4, 0.5) is 5.69 Å². The first-order chi connectivity index (χ1) is 16.4. The van der Waals surface area contributed by atoms with Gasteiger partial charge in [0.2, 0.25) is 5.91 Å². The molecule has 1 aliphatic rings. The molecule has 34 heavy (non-hydrogen) atoms. The summed E-state index contributed by atoms with van der Waals surface area (Å²) in [6.45, 7) is 5.40. The molecule has 0 radical (unpaired) electrons. The fraction of sp³-hybridized carbons (Fsp3) is 0.444. The van der Waals surface area contributed by atoms with Gasteiger partial charge < -0.3 is 9.47 Å². The lowest BCUT2D eigenvalue weighted by Gasteiger charge is -2.28. The van der Waals surface area contributed by atoms with E-state index in [1.807, 2.05) is 54.6 Å². The van der Waals surface area contributed by atoms with Gasteiger partial charge in [-0.3, -0.25) is 24.6 Å². The molecule has 0 spiro atoms. The molecule has 1 aliphatic heterocycles. The molecule has 0 aliphatic carbocycles. The van der Waals surface area contributed by atoms with Crippen LogP contribution in [-0.2, 0) is 36.7 Å². The third-order valence-electron chi connectivity index (χ3n) is 5.74. The van der Waals surface area contributed by atoms with Gasteiger partial charge in [-0.05, 0) is 63.6 Å². The van der Waals surface area contributed by atoms with Crippen molar-refractivity contribution in [3.63, 3.8) is 0 Å². The molecule has 0 aromatic heterocycles. The van der Waals surface area contributed by atoms with Gasteiger partial charge in [0, 0.05) is 5.69 Å². The van der Waals surface area contributed by atoms with Crippen LogP contribution in [0.5, 0.6) is 0 Å². The lowest BCUT2D eigenvalue weighted by Crippen LogP contribution is -2.53. The summed E-state index contributed by atoms with van der Waals surface area (Å²) in [5, 5.41) is 3.26. The van der Waals surface area contributed by atoms with Crippen LogP contribution in [0.3, 0.4) is 0 Å². The Morgan fingerprint density at radius 3 is 2.50 bits per heavy atom. The molecule has 0 unspecified atom stereocenters. The lowest BCUT2D eigenvalue weighted by molar-refractivity contribution is -0.148. The van der Waals surface area contributed by atoms with Gasteiger partial charge in [-0.15, -0.1) is 0 Å². The van der Waals surface area contributed by atoms with Crippen LogP contribution in [0.25, 0.3) is 0 Å². The van der Waals surface area contributed by atoms with E-state index in [1.54, 1.807) is 20.8 Å². The molecule has 2 aromatic rings. The summed E-state index contributed by atoms with van der Waals surface area (Å²) in [6, 6.07) is 16.2. The summed E-state index contributed by atoms with van der Waals surface area (Å²) in [5.74, 6) is -1.09. The molecule has 0 saturated heterocycles. The van der Waals surface area contributed by atoms with E-state index in [-0.39, 0.29) is 31.1 Å². The number of benzene rings is 2. The quantitative estimate of drug-likeness (QED) is 0.540. The number of anilines is 1. The number of fused-ring (bicyclic) bond motifs is 1. The Labute approximate surface area is 201 Å². The normalized spacial score (nSPS) is 16.5. The van der Waals surface area contributed by atoms with Crippen molar-refractivity contribution >= 4 is 23.5 Å². The van der Waals surface area contributed by atoms with Crippen molar-refractivity contribution in [1.82, 2.24) is 5.32 Å². The van der Waals surface area contributed by atoms with Crippen LogP contribution in [0.15, 0.2) is 54.6 Å². The molecule has 0 fully saturated rings. The zero-order valence-electron chi connectivity index (χ0n) is 20.2. The maximum atomic E-state index is 13.6. The van der Waals surface area contributed by atoms with Crippen LogP contribution in [-0.4, -0.2) is 49.2 Å². The van der Waals surface area contributed by atoms with Crippen molar-refractivity contribution in [2.24, 2.45) is 0 Å². The molecule has 3 rings (SSSR count). The van der Waals surface area contributed by atoms with Gasteiger partial charge in [0.05, 0.1) is 18.8 Å². The van der Waals surface area contributed by atoms with Crippen LogP contribution in [0.2, 0.25) is 0 Å². The van der Waals surface area contributed by atoms with Gasteiger partial charge in [0.15, 0.2) is 0 Å². The molecule has 0 saturated carbocycles. The van der Waals surface area contributed by atoms with Crippen LogP contribution >= 0.6 is 0 Å². The fourth-order valence-electron chi connectivity index (χ4n) is 4.17. The number of ether oxygens (including phenoxy) is 2. The minimum atomic E-state index is -0.639. The Morgan fingerprint density at radius 1 is 1.09 bits per heavy atom. The summed E-state index contributed by atoms with van der Waals surface area (Å²) < 4.78 is 10.6. The predicted molar refractivity (Wildman–Crippen MR) is 130 cm³/mol. The van der Waals surface area contributed by atoms with Gasteiger partial charge in [0.25, 0.3) is 0 Å². The number of aryl methyl sites for hydroxylation is 2. The third-order valence-corrected chi connectivity index (χ3v) is 5.74. The van der Waals surface area contributed by atoms with Crippen molar-refractivity contribution in [2.75, 3.05) is 18.1 Å². The molecule has 7 heteroatoms. The zero-order chi connectivity index (χ0) is 24.5. The van der Waals surface area contributed by atoms with Crippen molar-refractivity contribution in [1.29, 1.82) is 0 Å². The maximum absolute atomic E-state index is 13.6. The Morgan fingerprint density at radius 2 is 1.79 bits per heavy atom. The Bertz CT molecular complexity index is 976. The van der Waals surface area contributed by atoms with Gasteiger partial charge >= 0.3 is 11.9 Å². The van der Waals surface area contributed by atoms with E-state index in [4.69, 9.17) is 9.47 Å². The first kappa shape index (κ1) is 25.4. The summed E-state index contributed by atoms with van der Waals surface area (Å²) in [4.78, 5) is 40.3. The molecule has 2 atom stereocenters.